The highest BCUT2D eigenvalue weighted by Crippen LogP contribution is 2.24. The van der Waals surface area contributed by atoms with Gasteiger partial charge in [0.2, 0.25) is 0 Å². The van der Waals surface area contributed by atoms with E-state index in [1.807, 2.05) is 128 Å². The molecule has 5 rings (SSSR count). The highest BCUT2D eigenvalue weighted by Gasteiger charge is 2.13. The van der Waals surface area contributed by atoms with Crippen molar-refractivity contribution in [3.8, 4) is 130 Å². The molecule has 0 saturated carbocycles. The lowest BCUT2D eigenvalue weighted by atomic mass is 9.90. The first kappa shape index (κ1) is 115. The normalized spacial score (nSPS) is 10.3. The van der Waals surface area contributed by atoms with Crippen molar-refractivity contribution in [3.63, 3.8) is 0 Å². The minimum Gasteiger partial charge on any atom is -0.463 e. The Morgan fingerprint density at radius 2 is 0.562 bits per heavy atom. The molecule has 0 radical (unpaired) electrons. The fourth-order valence-electron chi connectivity index (χ4n) is 9.72. The monoisotopic (exact) mass is 1730 g/mol. The summed E-state index contributed by atoms with van der Waals surface area (Å²) in [6, 6.07) is 43.2. The molecule has 0 heterocycles. The van der Waals surface area contributed by atoms with Crippen LogP contribution in [0.2, 0.25) is 0 Å². The number of benzene rings is 5. The summed E-state index contributed by atoms with van der Waals surface area (Å²) in [7, 11) is 0. The number of ketones is 1. The molecule has 0 aliphatic carbocycles. The Bertz CT molecular complexity index is 4740. The maximum absolute atomic E-state index is 12.7. The van der Waals surface area contributed by atoms with Gasteiger partial charge in [-0.2, -0.15) is 0 Å². The average Bonchev–Trinajstić information content (AvgIpc) is 0.924. The van der Waals surface area contributed by atoms with Crippen LogP contribution in [0.4, 0.5) is 4.39 Å². The standard InChI is InChI=1S/C24H6.C20H31NO3.C18H26O3.C18H26O2.C17H23FO2.C17H24O2/c1-3-5-7-9-11-13-15-17-19-21-23-24-22-20-18-16-14-12-10-8-6-4-2;1-20(2,3)21-13-15-24-17-16-23-14-7-10-19(22)12-11-18-8-5-4-6-9-18;1-18(2,3)12-7-13-20-14-15-21-17(19)11-10-16-8-5-4-6-9-16;1-15-7-9-16(10-8-15)11-12-17(19)20-14-6-5-13-18(2,3)4;1-17(2,3)12-4-5-13-20-16(19)11-8-14-6-9-15(18)10-7-14;1-17(2,3)13-7-8-14-19-16(18)12-11-15-9-5-4-6-10-15/h1-2H3;4-6,8-9,11-12,21H,7,10,13-17H2,1-3H3;4-6,8-11H,7,12-15H2,1-3H3;7-12H,5-6,13-14H2,1-4H3;6-11H,4-5,12-13H2,1-3H3;4-6,9-12H,7-8,13-14H2,1-3H3/b;12-11+;11-10+;12-11+;11-8+;12-11+. The number of allylic oxidation sites excluding steroid dienone is 1. The van der Waals surface area contributed by atoms with Gasteiger partial charge >= 0.3 is 23.9 Å². The summed E-state index contributed by atoms with van der Waals surface area (Å²) >= 11 is 0. The summed E-state index contributed by atoms with van der Waals surface area (Å²) in [5.41, 5.74) is 7.54. The van der Waals surface area contributed by atoms with E-state index >= 15 is 0 Å². The fraction of sp³-hybridized carbons (Fsp3) is 0.412. The minimum atomic E-state index is -0.356. The Morgan fingerprint density at radius 3 is 0.875 bits per heavy atom. The zero-order valence-electron chi connectivity index (χ0n) is 79.3. The molecule has 0 spiro atoms. The van der Waals surface area contributed by atoms with Crippen LogP contribution in [0.1, 0.15) is 235 Å². The van der Waals surface area contributed by atoms with Crippen molar-refractivity contribution < 1.29 is 61.5 Å². The molecule has 128 heavy (non-hydrogen) atoms. The van der Waals surface area contributed by atoms with Crippen LogP contribution in [0.25, 0.3) is 30.4 Å². The first-order chi connectivity index (χ1) is 61.1. The molecule has 13 nitrogen and oxygen atoms in total. The second kappa shape index (κ2) is 74.5. The van der Waals surface area contributed by atoms with E-state index in [4.69, 9.17) is 33.2 Å². The number of hydrogen-bond donors (Lipinski definition) is 1. The van der Waals surface area contributed by atoms with Crippen LogP contribution in [0.3, 0.4) is 0 Å². The van der Waals surface area contributed by atoms with Crippen molar-refractivity contribution in [1.29, 1.82) is 0 Å². The molecule has 0 atom stereocenters. The zero-order valence-corrected chi connectivity index (χ0v) is 79.3. The van der Waals surface area contributed by atoms with Crippen LogP contribution in [0, 0.1) is 165 Å². The lowest BCUT2D eigenvalue weighted by molar-refractivity contribution is -0.139. The number of esters is 4. The predicted molar refractivity (Wildman–Crippen MR) is 526 cm³/mol. The van der Waals surface area contributed by atoms with Gasteiger partial charge in [-0.3, -0.25) is 4.79 Å². The molecule has 0 saturated heterocycles. The molecule has 0 aliphatic rings. The van der Waals surface area contributed by atoms with Gasteiger partial charge in [-0.15, -0.1) is 0 Å². The summed E-state index contributed by atoms with van der Waals surface area (Å²) in [6.45, 7) is 44.6. The Hall–Kier alpha value is -12.7. The summed E-state index contributed by atoms with van der Waals surface area (Å²) in [5, 5.41) is 3.36. The van der Waals surface area contributed by atoms with E-state index in [0.29, 0.717) is 94.1 Å². The molecular weight excluding hydrogens is 1590 g/mol. The van der Waals surface area contributed by atoms with E-state index in [0.717, 1.165) is 111 Å². The van der Waals surface area contributed by atoms with Crippen LogP contribution in [-0.2, 0) is 57.1 Å². The largest absolute Gasteiger partial charge is 0.463 e. The second-order valence-electron chi connectivity index (χ2n) is 34.3. The van der Waals surface area contributed by atoms with Crippen LogP contribution >= 0.6 is 0 Å². The topological polar surface area (TPSA) is 162 Å². The van der Waals surface area contributed by atoms with Gasteiger partial charge in [0.25, 0.3) is 0 Å². The Labute approximate surface area is 769 Å². The Morgan fingerprint density at radius 1 is 0.297 bits per heavy atom. The lowest BCUT2D eigenvalue weighted by Gasteiger charge is -2.20. The highest BCUT2D eigenvalue weighted by molar-refractivity contribution is 5.93. The number of rotatable bonds is 38. The number of carbonyl (C=O) groups is 5. The molecule has 14 heteroatoms. The Balaban J connectivity index is 0.00000151. The quantitative estimate of drug-likeness (QED) is 0.0131. The van der Waals surface area contributed by atoms with Crippen LogP contribution < -0.4 is 5.32 Å². The average molecular weight is 1730 g/mol. The third kappa shape index (κ3) is 85.4. The van der Waals surface area contributed by atoms with E-state index < -0.39 is 0 Å². The van der Waals surface area contributed by atoms with Gasteiger partial charge in [0.1, 0.15) is 12.4 Å². The summed E-state index contributed by atoms with van der Waals surface area (Å²) in [5.74, 6) is 54.2. The number of carbonyl (C=O) groups excluding carboxylic acids is 5. The number of hydrogen-bond acceptors (Lipinski definition) is 13. The van der Waals surface area contributed by atoms with Gasteiger partial charge < -0.3 is 38.5 Å². The number of nitrogens with one attached hydrogen (secondary N) is 1. The molecule has 1 N–H and O–H groups in total. The van der Waals surface area contributed by atoms with Gasteiger partial charge in [0, 0.05) is 79.7 Å². The van der Waals surface area contributed by atoms with Gasteiger partial charge in [-0.25, -0.2) is 23.6 Å². The maximum Gasteiger partial charge on any atom is 0.330 e. The third-order valence-electron chi connectivity index (χ3n) is 16.3. The second-order valence-corrected chi connectivity index (χ2v) is 34.3. The lowest BCUT2D eigenvalue weighted by Crippen LogP contribution is -2.38. The maximum atomic E-state index is 12.7. The number of ether oxygens (including phenoxy) is 7. The van der Waals surface area contributed by atoms with Crippen molar-refractivity contribution >= 4 is 60.0 Å². The molecule has 676 valence electrons. The van der Waals surface area contributed by atoms with Crippen molar-refractivity contribution in [2.45, 2.75) is 214 Å². The number of aryl methyl sites for hydroxylation is 1. The van der Waals surface area contributed by atoms with Gasteiger partial charge in [0.05, 0.1) is 46.2 Å². The van der Waals surface area contributed by atoms with E-state index in [2.05, 4.69) is 239 Å². The molecule has 0 amide bonds. The molecule has 0 fully saturated rings. The van der Waals surface area contributed by atoms with Gasteiger partial charge in [0.15, 0.2) is 5.78 Å². The predicted octanol–water partition coefficient (Wildman–Crippen LogP) is 22.4. The SMILES string of the molecule is CC#CC#CC#CC#CC#CC#CC#CC#CC#CC#CC#CC.CC(C)(C)CCCCOC(=O)/C=C/c1ccc(F)cc1.CC(C)(C)CCCCOC(=O)/C=C/c1ccccc1.CC(C)(C)CCCOCCOC(=O)/C=C/c1ccccc1.CC(C)(C)NCCOCCOCCCC(=O)/C=C/c1ccccc1.Cc1ccc(/C=C/C(=O)OCCCCC(C)(C)C)cc1. The molecule has 0 unspecified atom stereocenters. The van der Waals surface area contributed by atoms with Crippen molar-refractivity contribution in [2.75, 3.05) is 72.6 Å². The number of unbranched alkanes of at least 4 members (excludes halogenated alkanes) is 3. The summed E-state index contributed by atoms with van der Waals surface area (Å²) < 4.78 is 49.6. The van der Waals surface area contributed by atoms with Crippen molar-refractivity contribution in [1.82, 2.24) is 5.32 Å². The highest BCUT2D eigenvalue weighted by atomic mass is 19.1. The molecule has 0 aliphatic heterocycles. The van der Waals surface area contributed by atoms with Gasteiger partial charge in [-0.05, 0) is 305 Å². The van der Waals surface area contributed by atoms with E-state index in [9.17, 15) is 28.4 Å². The smallest absolute Gasteiger partial charge is 0.330 e. The first-order valence-electron chi connectivity index (χ1n) is 43.5. The minimum absolute atomic E-state index is 0.126. The molecule has 5 aromatic rings. The zero-order chi connectivity index (χ0) is 94.9. The van der Waals surface area contributed by atoms with Gasteiger partial charge in [-0.1, -0.05) is 234 Å². The van der Waals surface area contributed by atoms with E-state index in [1.165, 1.54) is 42.0 Å². The van der Waals surface area contributed by atoms with Crippen LogP contribution in [-0.4, -0.2) is 108 Å². The van der Waals surface area contributed by atoms with E-state index in [1.54, 1.807) is 56.4 Å². The van der Waals surface area contributed by atoms with Crippen LogP contribution in [0.5, 0.6) is 0 Å². The fourth-order valence-corrected chi connectivity index (χ4v) is 9.72. The Kier molecular flexibility index (Phi) is 67.1. The van der Waals surface area contributed by atoms with Crippen LogP contribution in [0.15, 0.2) is 170 Å². The summed E-state index contributed by atoms with van der Waals surface area (Å²) in [4.78, 5) is 57.7. The molecule has 0 bridgehead atoms. The third-order valence-corrected chi connectivity index (χ3v) is 16.3. The molecule has 0 aromatic heterocycles. The first-order valence-corrected chi connectivity index (χ1v) is 43.5. The van der Waals surface area contributed by atoms with Crippen molar-refractivity contribution in [2.24, 2.45) is 21.7 Å². The van der Waals surface area contributed by atoms with E-state index in [-0.39, 0.29) is 41.0 Å². The molecular formula is C114H136FNO12. The molecule has 5 aromatic carbocycles. The summed E-state index contributed by atoms with van der Waals surface area (Å²) in [6.07, 6.45) is 29.1. The van der Waals surface area contributed by atoms with Crippen molar-refractivity contribution in [3.05, 3.63) is 209 Å². The number of halogens is 1.